The lowest BCUT2D eigenvalue weighted by Crippen LogP contribution is -2.05. The number of aromatic nitrogens is 2. The molecule has 0 saturated heterocycles. The van der Waals surface area contributed by atoms with Crippen LogP contribution in [0.2, 0.25) is 0 Å². The van der Waals surface area contributed by atoms with Crippen molar-refractivity contribution in [1.82, 2.24) is 10.2 Å². The summed E-state index contributed by atoms with van der Waals surface area (Å²) < 4.78 is 0. The van der Waals surface area contributed by atoms with E-state index in [-0.39, 0.29) is 5.91 Å². The van der Waals surface area contributed by atoms with Gasteiger partial charge in [0.25, 0.3) is 0 Å². The monoisotopic (exact) mass is 251 g/mol. The Morgan fingerprint density at radius 2 is 1.95 bits per heavy atom. The average Bonchev–Trinajstić information content (AvgIpc) is 2.82. The molecule has 94 valence electrons. The van der Waals surface area contributed by atoms with Crippen LogP contribution in [-0.4, -0.2) is 16.1 Å². The fraction of sp³-hybridized carbons (Fsp3) is 0.0667. The highest BCUT2D eigenvalue weighted by Crippen LogP contribution is 2.27. The van der Waals surface area contributed by atoms with Gasteiger partial charge in [0, 0.05) is 23.6 Å². The minimum atomic E-state index is -0.0813. The van der Waals surface area contributed by atoms with E-state index in [1.165, 1.54) is 6.92 Å². The molecule has 0 spiro atoms. The first-order valence-corrected chi connectivity index (χ1v) is 6.05. The maximum atomic E-state index is 11.0. The van der Waals surface area contributed by atoms with Crippen molar-refractivity contribution in [2.75, 3.05) is 5.32 Å². The van der Waals surface area contributed by atoms with Crippen molar-refractivity contribution in [2.24, 2.45) is 0 Å². The first-order chi connectivity index (χ1) is 9.24. The molecular weight excluding hydrogens is 238 g/mol. The minimum Gasteiger partial charge on any atom is -0.326 e. The van der Waals surface area contributed by atoms with E-state index >= 15 is 0 Å². The number of hydrogen-bond donors (Lipinski definition) is 2. The summed E-state index contributed by atoms with van der Waals surface area (Å²) in [5.41, 5.74) is 3.67. The standard InChI is InChI=1S/C15H13N3O/c1-10(19)16-12-7-8-13-14(9-12)17-18-15(13)11-5-3-2-4-6-11/h2-9H,1H3,(H,16,19)(H,17,18). The van der Waals surface area contributed by atoms with Crippen molar-refractivity contribution < 1.29 is 4.79 Å². The van der Waals surface area contributed by atoms with Crippen molar-refractivity contribution in [3.05, 3.63) is 48.5 Å². The maximum absolute atomic E-state index is 11.0. The van der Waals surface area contributed by atoms with Crippen molar-refractivity contribution in [3.63, 3.8) is 0 Å². The second-order valence-electron chi connectivity index (χ2n) is 4.38. The second-order valence-corrected chi connectivity index (χ2v) is 4.38. The van der Waals surface area contributed by atoms with Crippen LogP contribution in [0.15, 0.2) is 48.5 Å². The second kappa shape index (κ2) is 4.57. The van der Waals surface area contributed by atoms with Gasteiger partial charge in [-0.1, -0.05) is 30.3 Å². The van der Waals surface area contributed by atoms with Gasteiger partial charge in [0.2, 0.25) is 5.91 Å². The zero-order valence-electron chi connectivity index (χ0n) is 10.5. The van der Waals surface area contributed by atoms with Gasteiger partial charge < -0.3 is 5.32 Å². The predicted octanol–water partition coefficient (Wildman–Crippen LogP) is 3.19. The molecule has 2 N–H and O–H groups in total. The molecule has 4 heteroatoms. The summed E-state index contributed by atoms with van der Waals surface area (Å²) in [5, 5.41) is 11.1. The summed E-state index contributed by atoms with van der Waals surface area (Å²) in [5.74, 6) is -0.0813. The van der Waals surface area contributed by atoms with E-state index in [4.69, 9.17) is 0 Å². The first-order valence-electron chi connectivity index (χ1n) is 6.05. The Morgan fingerprint density at radius 3 is 2.68 bits per heavy atom. The highest BCUT2D eigenvalue weighted by molar-refractivity contribution is 5.97. The molecule has 19 heavy (non-hydrogen) atoms. The van der Waals surface area contributed by atoms with Gasteiger partial charge in [0.05, 0.1) is 11.2 Å². The normalized spacial score (nSPS) is 10.6. The summed E-state index contributed by atoms with van der Waals surface area (Å²) in [6.45, 7) is 1.49. The molecule has 0 radical (unpaired) electrons. The molecule has 1 heterocycles. The number of amides is 1. The Hall–Kier alpha value is -2.62. The summed E-state index contributed by atoms with van der Waals surface area (Å²) >= 11 is 0. The van der Waals surface area contributed by atoms with Gasteiger partial charge >= 0.3 is 0 Å². The number of carbonyl (C=O) groups excluding carboxylic acids is 1. The zero-order valence-corrected chi connectivity index (χ0v) is 10.5. The number of fused-ring (bicyclic) bond motifs is 1. The van der Waals surface area contributed by atoms with E-state index in [0.29, 0.717) is 0 Å². The molecule has 1 aromatic heterocycles. The van der Waals surface area contributed by atoms with Crippen LogP contribution in [0, 0.1) is 0 Å². The SMILES string of the molecule is CC(=O)Nc1ccc2c(-c3ccccc3)n[nH]c2c1. The van der Waals surface area contributed by atoms with Crippen molar-refractivity contribution in [3.8, 4) is 11.3 Å². The van der Waals surface area contributed by atoms with Gasteiger partial charge in [-0.15, -0.1) is 0 Å². The topological polar surface area (TPSA) is 57.8 Å². The van der Waals surface area contributed by atoms with Crippen molar-refractivity contribution in [2.45, 2.75) is 6.92 Å². The summed E-state index contributed by atoms with van der Waals surface area (Å²) in [6, 6.07) is 15.7. The Balaban J connectivity index is 2.08. The molecule has 0 unspecified atom stereocenters. The van der Waals surface area contributed by atoms with E-state index in [0.717, 1.165) is 27.8 Å². The highest BCUT2D eigenvalue weighted by Gasteiger charge is 2.08. The Labute approximate surface area is 110 Å². The number of nitrogens with one attached hydrogen (secondary N) is 2. The Morgan fingerprint density at radius 1 is 1.16 bits per heavy atom. The van der Waals surface area contributed by atoms with Crippen LogP contribution in [0.3, 0.4) is 0 Å². The number of anilines is 1. The summed E-state index contributed by atoms with van der Waals surface area (Å²) in [7, 11) is 0. The molecule has 2 aromatic carbocycles. The van der Waals surface area contributed by atoms with Gasteiger partial charge in [-0.05, 0) is 18.2 Å². The fourth-order valence-corrected chi connectivity index (χ4v) is 2.12. The molecular formula is C15H13N3O. The molecule has 0 aliphatic heterocycles. The first kappa shape index (κ1) is 11.5. The summed E-state index contributed by atoms with van der Waals surface area (Å²) in [6.07, 6.45) is 0. The quantitative estimate of drug-likeness (QED) is 0.734. The van der Waals surface area contributed by atoms with Gasteiger partial charge in [0.1, 0.15) is 0 Å². The van der Waals surface area contributed by atoms with E-state index in [2.05, 4.69) is 15.5 Å². The summed E-state index contributed by atoms with van der Waals surface area (Å²) in [4.78, 5) is 11.0. The van der Waals surface area contributed by atoms with Crippen LogP contribution in [0.5, 0.6) is 0 Å². The number of benzene rings is 2. The van der Waals surface area contributed by atoms with Crippen LogP contribution >= 0.6 is 0 Å². The van der Waals surface area contributed by atoms with Crippen LogP contribution in [-0.2, 0) is 4.79 Å². The Bertz CT molecular complexity index is 731. The molecule has 4 nitrogen and oxygen atoms in total. The van der Waals surface area contributed by atoms with Crippen molar-refractivity contribution >= 4 is 22.5 Å². The molecule has 3 aromatic rings. The van der Waals surface area contributed by atoms with Crippen LogP contribution in [0.1, 0.15) is 6.92 Å². The largest absolute Gasteiger partial charge is 0.326 e. The third-order valence-electron chi connectivity index (χ3n) is 2.93. The zero-order chi connectivity index (χ0) is 13.2. The number of hydrogen-bond acceptors (Lipinski definition) is 2. The fourth-order valence-electron chi connectivity index (χ4n) is 2.12. The highest BCUT2D eigenvalue weighted by atomic mass is 16.1. The Kier molecular flexibility index (Phi) is 2.76. The number of carbonyl (C=O) groups is 1. The van der Waals surface area contributed by atoms with E-state index < -0.39 is 0 Å². The number of H-pyrrole nitrogens is 1. The van der Waals surface area contributed by atoms with E-state index in [1.807, 2.05) is 48.5 Å². The van der Waals surface area contributed by atoms with Gasteiger partial charge in [-0.2, -0.15) is 5.10 Å². The number of aromatic amines is 1. The minimum absolute atomic E-state index is 0.0813. The third kappa shape index (κ3) is 2.20. The number of nitrogens with zero attached hydrogens (tertiary/aromatic N) is 1. The van der Waals surface area contributed by atoms with Crippen LogP contribution < -0.4 is 5.32 Å². The molecule has 0 atom stereocenters. The molecule has 0 saturated carbocycles. The molecule has 0 bridgehead atoms. The molecule has 0 aliphatic rings. The van der Waals surface area contributed by atoms with E-state index in [9.17, 15) is 4.79 Å². The van der Waals surface area contributed by atoms with Crippen LogP contribution in [0.25, 0.3) is 22.2 Å². The predicted molar refractivity (Wildman–Crippen MR) is 75.8 cm³/mol. The average molecular weight is 251 g/mol. The molecule has 0 aliphatic carbocycles. The van der Waals surface area contributed by atoms with Gasteiger partial charge in [0.15, 0.2) is 0 Å². The maximum Gasteiger partial charge on any atom is 0.221 e. The lowest BCUT2D eigenvalue weighted by Gasteiger charge is -2.02. The van der Waals surface area contributed by atoms with E-state index in [1.54, 1.807) is 0 Å². The smallest absolute Gasteiger partial charge is 0.221 e. The van der Waals surface area contributed by atoms with Crippen molar-refractivity contribution in [1.29, 1.82) is 0 Å². The lowest BCUT2D eigenvalue weighted by atomic mass is 10.1. The molecule has 1 amide bonds. The lowest BCUT2D eigenvalue weighted by molar-refractivity contribution is -0.114. The van der Waals surface area contributed by atoms with Crippen LogP contribution in [0.4, 0.5) is 5.69 Å². The molecule has 3 rings (SSSR count). The third-order valence-corrected chi connectivity index (χ3v) is 2.93. The van der Waals surface area contributed by atoms with Gasteiger partial charge in [-0.3, -0.25) is 9.89 Å². The van der Waals surface area contributed by atoms with Gasteiger partial charge in [-0.25, -0.2) is 0 Å². The molecule has 0 fully saturated rings. The number of rotatable bonds is 2.